The third-order valence-corrected chi connectivity index (χ3v) is 5.81. The van der Waals surface area contributed by atoms with Gasteiger partial charge in [-0.15, -0.1) is 0 Å². The number of nitrogens with one attached hydrogen (secondary N) is 1. The Kier molecular flexibility index (Phi) is 3.84. The van der Waals surface area contributed by atoms with Crippen molar-refractivity contribution in [3.05, 3.63) is 53.0 Å². The number of nitrogens with zero attached hydrogens (tertiary/aromatic N) is 1. The third-order valence-electron chi connectivity index (χ3n) is 3.51. The summed E-state index contributed by atoms with van der Waals surface area (Å²) in [6.07, 6.45) is 0. The van der Waals surface area contributed by atoms with Gasteiger partial charge < -0.3 is 4.98 Å². The highest BCUT2D eigenvalue weighted by Crippen LogP contribution is 2.28. The van der Waals surface area contributed by atoms with Crippen molar-refractivity contribution < 1.29 is 8.42 Å². The quantitative estimate of drug-likeness (QED) is 0.752. The monoisotopic (exact) mass is 378 g/mol. The zero-order valence-corrected chi connectivity index (χ0v) is 14.6. The smallest absolute Gasteiger partial charge is 0.242 e. The minimum atomic E-state index is -3.42. The molecule has 0 aliphatic rings. The van der Waals surface area contributed by atoms with Crippen molar-refractivity contribution in [3.8, 4) is 11.3 Å². The highest BCUT2D eigenvalue weighted by atomic mass is 79.9. The van der Waals surface area contributed by atoms with E-state index >= 15 is 0 Å². The second-order valence-electron chi connectivity index (χ2n) is 5.23. The Bertz CT molecular complexity index is 946. The second-order valence-corrected chi connectivity index (χ2v) is 8.30. The minimum Gasteiger partial charge on any atom is -0.355 e. The van der Waals surface area contributed by atoms with Crippen molar-refractivity contribution in [3.63, 3.8) is 0 Å². The van der Waals surface area contributed by atoms with Crippen LogP contribution in [0.25, 0.3) is 22.2 Å². The van der Waals surface area contributed by atoms with Crippen molar-refractivity contribution in [1.29, 1.82) is 0 Å². The molecule has 1 aromatic heterocycles. The summed E-state index contributed by atoms with van der Waals surface area (Å²) >= 11 is 3.46. The van der Waals surface area contributed by atoms with Gasteiger partial charge in [0.15, 0.2) is 0 Å². The lowest BCUT2D eigenvalue weighted by atomic mass is 10.1. The molecule has 3 rings (SSSR count). The van der Waals surface area contributed by atoms with Crippen LogP contribution in [0.2, 0.25) is 0 Å². The third kappa shape index (κ3) is 2.69. The first kappa shape index (κ1) is 15.3. The maximum atomic E-state index is 12.2. The van der Waals surface area contributed by atoms with Gasteiger partial charge in [0.2, 0.25) is 10.0 Å². The SMILES string of the molecule is CN(C)S(=O)(=O)c1ccc2[nH]c(-c3cccc(Br)c3)cc2c1. The van der Waals surface area contributed by atoms with Gasteiger partial charge in [0.25, 0.3) is 0 Å². The van der Waals surface area contributed by atoms with Gasteiger partial charge in [-0.1, -0.05) is 28.1 Å². The molecule has 0 saturated carbocycles. The number of rotatable bonds is 3. The average molecular weight is 379 g/mol. The van der Waals surface area contributed by atoms with Crippen LogP contribution in [0.4, 0.5) is 0 Å². The minimum absolute atomic E-state index is 0.296. The normalized spacial score (nSPS) is 12.2. The lowest BCUT2D eigenvalue weighted by molar-refractivity contribution is 0.521. The molecule has 0 amide bonds. The van der Waals surface area contributed by atoms with Crippen LogP contribution < -0.4 is 0 Å². The van der Waals surface area contributed by atoms with E-state index in [9.17, 15) is 8.42 Å². The number of hydrogen-bond donors (Lipinski definition) is 1. The van der Waals surface area contributed by atoms with E-state index in [0.29, 0.717) is 4.90 Å². The molecular weight excluding hydrogens is 364 g/mol. The topological polar surface area (TPSA) is 53.2 Å². The molecule has 0 unspecified atom stereocenters. The summed E-state index contributed by atoms with van der Waals surface area (Å²) < 4.78 is 26.6. The number of hydrogen-bond acceptors (Lipinski definition) is 2. The molecule has 1 heterocycles. The Morgan fingerprint density at radius 3 is 2.50 bits per heavy atom. The van der Waals surface area contributed by atoms with Crippen LogP contribution >= 0.6 is 15.9 Å². The molecule has 0 aliphatic heterocycles. The van der Waals surface area contributed by atoms with Gasteiger partial charge >= 0.3 is 0 Å². The van der Waals surface area contributed by atoms with Crippen LogP contribution in [-0.4, -0.2) is 31.8 Å². The number of sulfonamides is 1. The zero-order valence-electron chi connectivity index (χ0n) is 12.2. The molecule has 0 atom stereocenters. The molecule has 3 aromatic rings. The number of halogens is 1. The standard InChI is InChI=1S/C16H15BrN2O2S/c1-19(2)22(20,21)14-6-7-15-12(9-14)10-16(18-15)11-4-3-5-13(17)8-11/h3-10,18H,1-2H3. The summed E-state index contributed by atoms with van der Waals surface area (Å²) in [5, 5.41) is 0.873. The molecule has 0 fully saturated rings. The van der Waals surface area contributed by atoms with E-state index in [2.05, 4.69) is 20.9 Å². The highest BCUT2D eigenvalue weighted by Gasteiger charge is 2.17. The first-order valence-electron chi connectivity index (χ1n) is 6.69. The fraction of sp³-hybridized carbons (Fsp3) is 0.125. The van der Waals surface area contributed by atoms with Gasteiger partial charge in [0, 0.05) is 35.2 Å². The van der Waals surface area contributed by atoms with E-state index in [-0.39, 0.29) is 0 Å². The number of H-pyrrole nitrogens is 1. The number of aromatic nitrogens is 1. The first-order valence-corrected chi connectivity index (χ1v) is 8.92. The molecule has 114 valence electrons. The van der Waals surface area contributed by atoms with E-state index < -0.39 is 10.0 Å². The first-order chi connectivity index (χ1) is 10.4. The van der Waals surface area contributed by atoms with E-state index in [1.807, 2.05) is 30.3 Å². The summed E-state index contributed by atoms with van der Waals surface area (Å²) in [6, 6.07) is 15.0. The van der Waals surface area contributed by atoms with E-state index in [1.54, 1.807) is 18.2 Å². The number of aromatic amines is 1. The van der Waals surface area contributed by atoms with Crippen molar-refractivity contribution in [2.24, 2.45) is 0 Å². The fourth-order valence-corrected chi connectivity index (χ4v) is 3.63. The van der Waals surface area contributed by atoms with Crippen LogP contribution in [0.5, 0.6) is 0 Å². The maximum Gasteiger partial charge on any atom is 0.242 e. The van der Waals surface area contributed by atoms with Crippen LogP contribution in [0.1, 0.15) is 0 Å². The van der Waals surface area contributed by atoms with Gasteiger partial charge in [-0.05, 0) is 42.0 Å². The van der Waals surface area contributed by atoms with E-state index in [1.165, 1.54) is 18.4 Å². The molecule has 0 aliphatic carbocycles. The number of benzene rings is 2. The van der Waals surface area contributed by atoms with Crippen molar-refractivity contribution in [1.82, 2.24) is 9.29 Å². The molecule has 1 N–H and O–H groups in total. The zero-order chi connectivity index (χ0) is 15.9. The van der Waals surface area contributed by atoms with Crippen molar-refractivity contribution >= 4 is 36.9 Å². The Balaban J connectivity index is 2.12. The van der Waals surface area contributed by atoms with Crippen LogP contribution in [-0.2, 0) is 10.0 Å². The van der Waals surface area contributed by atoms with Crippen LogP contribution in [0.15, 0.2) is 57.9 Å². The van der Waals surface area contributed by atoms with Gasteiger partial charge in [0.05, 0.1) is 4.90 Å². The van der Waals surface area contributed by atoms with Crippen molar-refractivity contribution in [2.75, 3.05) is 14.1 Å². The maximum absolute atomic E-state index is 12.2. The van der Waals surface area contributed by atoms with Crippen molar-refractivity contribution in [2.45, 2.75) is 4.90 Å². The molecule has 0 radical (unpaired) electrons. The van der Waals surface area contributed by atoms with Crippen LogP contribution in [0, 0.1) is 0 Å². The summed E-state index contributed by atoms with van der Waals surface area (Å²) in [6.45, 7) is 0. The largest absolute Gasteiger partial charge is 0.355 e. The summed E-state index contributed by atoms with van der Waals surface area (Å²) in [5.41, 5.74) is 2.91. The van der Waals surface area contributed by atoms with E-state index in [4.69, 9.17) is 0 Å². The molecule has 0 spiro atoms. The van der Waals surface area contributed by atoms with Gasteiger partial charge in [0.1, 0.15) is 0 Å². The van der Waals surface area contributed by atoms with Gasteiger partial charge in [-0.3, -0.25) is 0 Å². The molecule has 0 saturated heterocycles. The Morgan fingerprint density at radius 2 is 1.82 bits per heavy atom. The predicted molar refractivity (Wildman–Crippen MR) is 92.3 cm³/mol. The highest BCUT2D eigenvalue weighted by molar-refractivity contribution is 9.10. The Hall–Kier alpha value is -1.63. The predicted octanol–water partition coefficient (Wildman–Crippen LogP) is 3.85. The molecule has 4 nitrogen and oxygen atoms in total. The fourth-order valence-electron chi connectivity index (χ4n) is 2.29. The Morgan fingerprint density at radius 1 is 1.05 bits per heavy atom. The number of fused-ring (bicyclic) bond motifs is 1. The second kappa shape index (κ2) is 5.53. The Labute approximate surface area is 137 Å². The van der Waals surface area contributed by atoms with Gasteiger partial charge in [-0.2, -0.15) is 0 Å². The molecule has 0 bridgehead atoms. The lowest BCUT2D eigenvalue weighted by Crippen LogP contribution is -2.22. The average Bonchev–Trinajstić information content (AvgIpc) is 2.90. The lowest BCUT2D eigenvalue weighted by Gasteiger charge is -2.10. The summed E-state index contributed by atoms with van der Waals surface area (Å²) in [4.78, 5) is 3.61. The van der Waals surface area contributed by atoms with Crippen LogP contribution in [0.3, 0.4) is 0 Å². The molecular formula is C16H15BrN2O2S. The summed E-state index contributed by atoms with van der Waals surface area (Å²) in [5.74, 6) is 0. The molecule has 6 heteroatoms. The van der Waals surface area contributed by atoms with Gasteiger partial charge in [-0.25, -0.2) is 12.7 Å². The molecule has 2 aromatic carbocycles. The summed E-state index contributed by atoms with van der Waals surface area (Å²) in [7, 11) is -0.356. The molecule has 22 heavy (non-hydrogen) atoms. The van der Waals surface area contributed by atoms with E-state index in [0.717, 1.165) is 26.6 Å².